The largest absolute Gasteiger partial charge is 0.480 e. The van der Waals surface area contributed by atoms with E-state index in [0.29, 0.717) is 5.56 Å². The molecule has 8 nitrogen and oxygen atoms in total. The predicted octanol–water partition coefficient (Wildman–Crippen LogP) is 0.123. The van der Waals surface area contributed by atoms with E-state index in [9.17, 15) is 9.59 Å². The molecule has 0 radical (unpaired) electrons. The van der Waals surface area contributed by atoms with Crippen molar-refractivity contribution in [2.24, 2.45) is 0 Å². The average molecular weight is 248 g/mol. The van der Waals surface area contributed by atoms with Crippen LogP contribution in [-0.4, -0.2) is 42.4 Å². The number of rotatable bonds is 4. The molecule has 1 heterocycles. The minimum absolute atomic E-state index is 0.0992. The second kappa shape index (κ2) is 4.62. The number of hydrogen-bond acceptors (Lipinski definition) is 5. The van der Waals surface area contributed by atoms with Gasteiger partial charge in [-0.25, -0.2) is 4.79 Å². The van der Waals surface area contributed by atoms with Crippen molar-refractivity contribution in [1.29, 1.82) is 0 Å². The summed E-state index contributed by atoms with van der Waals surface area (Å²) in [6.07, 6.45) is 0. The third-order valence-electron chi connectivity index (χ3n) is 2.10. The number of hydrogen-bond donors (Lipinski definition) is 2. The van der Waals surface area contributed by atoms with Gasteiger partial charge in [-0.15, -0.1) is 10.2 Å². The van der Waals surface area contributed by atoms with Gasteiger partial charge < -0.3 is 10.2 Å². The Morgan fingerprint density at radius 1 is 1.28 bits per heavy atom. The van der Waals surface area contributed by atoms with Gasteiger partial charge in [0.1, 0.15) is 0 Å². The molecule has 0 aliphatic rings. The maximum Gasteiger partial charge on any atom is 0.335 e. The Hall–Kier alpha value is -2.77. The Morgan fingerprint density at radius 2 is 2.06 bits per heavy atom. The Bertz CT molecular complexity index is 607. The van der Waals surface area contributed by atoms with Crippen molar-refractivity contribution in [2.75, 3.05) is 0 Å². The highest BCUT2D eigenvalue weighted by Gasteiger charge is 2.10. The van der Waals surface area contributed by atoms with Crippen molar-refractivity contribution in [3.8, 4) is 11.4 Å². The van der Waals surface area contributed by atoms with Gasteiger partial charge in [-0.2, -0.15) is 4.80 Å². The van der Waals surface area contributed by atoms with Crippen LogP contribution in [0.5, 0.6) is 0 Å². The number of aromatic carboxylic acids is 1. The van der Waals surface area contributed by atoms with Crippen molar-refractivity contribution in [2.45, 2.75) is 6.54 Å². The van der Waals surface area contributed by atoms with Crippen LogP contribution in [0.2, 0.25) is 0 Å². The first kappa shape index (κ1) is 11.7. The zero-order valence-corrected chi connectivity index (χ0v) is 9.02. The molecule has 0 aliphatic carbocycles. The molecule has 0 spiro atoms. The first-order chi connectivity index (χ1) is 8.56. The van der Waals surface area contributed by atoms with Crippen LogP contribution in [0.4, 0.5) is 0 Å². The van der Waals surface area contributed by atoms with E-state index in [2.05, 4.69) is 15.4 Å². The molecule has 92 valence electrons. The smallest absolute Gasteiger partial charge is 0.335 e. The lowest BCUT2D eigenvalue weighted by molar-refractivity contribution is -0.138. The number of tetrazole rings is 1. The topological polar surface area (TPSA) is 118 Å². The van der Waals surface area contributed by atoms with Crippen LogP contribution in [0.1, 0.15) is 10.4 Å². The first-order valence-electron chi connectivity index (χ1n) is 4.89. The second-order valence-electron chi connectivity index (χ2n) is 3.42. The van der Waals surface area contributed by atoms with Crippen molar-refractivity contribution in [3.05, 3.63) is 29.8 Å². The minimum atomic E-state index is -1.08. The van der Waals surface area contributed by atoms with E-state index < -0.39 is 18.5 Å². The monoisotopic (exact) mass is 248 g/mol. The van der Waals surface area contributed by atoms with E-state index in [4.69, 9.17) is 10.2 Å². The zero-order valence-electron chi connectivity index (χ0n) is 9.02. The molecule has 0 saturated heterocycles. The number of carboxylic acid groups (broad SMARTS) is 2. The van der Waals surface area contributed by atoms with Gasteiger partial charge in [-0.1, -0.05) is 12.1 Å². The fourth-order valence-electron chi connectivity index (χ4n) is 1.34. The summed E-state index contributed by atoms with van der Waals surface area (Å²) in [7, 11) is 0. The maximum absolute atomic E-state index is 10.8. The van der Waals surface area contributed by atoms with Crippen molar-refractivity contribution < 1.29 is 19.8 Å². The van der Waals surface area contributed by atoms with Gasteiger partial charge in [-0.05, 0) is 17.3 Å². The Morgan fingerprint density at radius 3 is 2.72 bits per heavy atom. The summed E-state index contributed by atoms with van der Waals surface area (Å²) in [5.41, 5.74) is 0.564. The molecule has 18 heavy (non-hydrogen) atoms. The Labute approximate surface area is 100 Å². The van der Waals surface area contributed by atoms with Crippen LogP contribution >= 0.6 is 0 Å². The third kappa shape index (κ3) is 2.48. The van der Waals surface area contributed by atoms with E-state index in [1.807, 2.05) is 0 Å². The number of aromatic nitrogens is 4. The van der Waals surface area contributed by atoms with E-state index in [-0.39, 0.29) is 11.4 Å². The number of aliphatic carboxylic acids is 1. The summed E-state index contributed by atoms with van der Waals surface area (Å²) in [4.78, 5) is 22.2. The molecule has 2 N–H and O–H groups in total. The lowest BCUT2D eigenvalue weighted by Crippen LogP contribution is -2.11. The SMILES string of the molecule is O=C(O)Cn1nnc(-c2cccc(C(=O)O)c2)n1. The summed E-state index contributed by atoms with van der Waals surface area (Å²) in [6.45, 7) is -0.397. The van der Waals surface area contributed by atoms with Crippen LogP contribution in [0.15, 0.2) is 24.3 Å². The van der Waals surface area contributed by atoms with Crippen molar-refractivity contribution in [3.63, 3.8) is 0 Å². The summed E-state index contributed by atoms with van der Waals surface area (Å²) in [6, 6.07) is 6.00. The maximum atomic E-state index is 10.8. The van der Waals surface area contributed by atoms with Gasteiger partial charge in [0.25, 0.3) is 0 Å². The molecule has 0 atom stereocenters. The molecule has 0 unspecified atom stereocenters. The van der Waals surface area contributed by atoms with Gasteiger partial charge in [0.05, 0.1) is 5.56 Å². The molecule has 2 rings (SSSR count). The van der Waals surface area contributed by atoms with Crippen LogP contribution < -0.4 is 0 Å². The lowest BCUT2D eigenvalue weighted by Gasteiger charge is -1.97. The highest BCUT2D eigenvalue weighted by Crippen LogP contribution is 2.15. The van der Waals surface area contributed by atoms with Gasteiger partial charge >= 0.3 is 11.9 Å². The molecule has 0 aliphatic heterocycles. The zero-order chi connectivity index (χ0) is 13.1. The van der Waals surface area contributed by atoms with E-state index in [1.165, 1.54) is 12.1 Å². The van der Waals surface area contributed by atoms with Crippen LogP contribution in [0.3, 0.4) is 0 Å². The number of carbonyl (C=O) groups is 2. The fourth-order valence-corrected chi connectivity index (χ4v) is 1.34. The molecular weight excluding hydrogens is 240 g/mol. The van der Waals surface area contributed by atoms with Crippen LogP contribution in [0, 0.1) is 0 Å². The van der Waals surface area contributed by atoms with Gasteiger partial charge in [0, 0.05) is 5.56 Å². The molecule has 0 fully saturated rings. The summed E-state index contributed by atoms with van der Waals surface area (Å²) in [5, 5.41) is 28.5. The van der Waals surface area contributed by atoms with Crippen LogP contribution in [-0.2, 0) is 11.3 Å². The number of nitrogens with zero attached hydrogens (tertiary/aromatic N) is 4. The summed E-state index contributed by atoms with van der Waals surface area (Å²) in [5.74, 6) is -1.97. The van der Waals surface area contributed by atoms with Crippen molar-refractivity contribution >= 4 is 11.9 Å². The minimum Gasteiger partial charge on any atom is -0.480 e. The molecule has 1 aromatic carbocycles. The highest BCUT2D eigenvalue weighted by atomic mass is 16.4. The van der Waals surface area contributed by atoms with E-state index in [0.717, 1.165) is 4.80 Å². The summed E-state index contributed by atoms with van der Waals surface area (Å²) < 4.78 is 0. The molecule has 2 aromatic rings. The standard InChI is InChI=1S/C10H8N4O4/c15-8(16)5-14-12-9(11-13-14)6-2-1-3-7(4-6)10(17)18/h1-4H,5H2,(H,15,16)(H,17,18). The second-order valence-corrected chi connectivity index (χ2v) is 3.42. The number of carboxylic acids is 2. The van der Waals surface area contributed by atoms with Gasteiger partial charge in [0.2, 0.25) is 5.82 Å². The molecule has 0 saturated carbocycles. The lowest BCUT2D eigenvalue weighted by atomic mass is 10.1. The molecule has 0 bridgehead atoms. The molecule has 0 amide bonds. The molecule has 1 aromatic heterocycles. The predicted molar refractivity (Wildman–Crippen MR) is 57.8 cm³/mol. The summed E-state index contributed by atoms with van der Waals surface area (Å²) >= 11 is 0. The quantitative estimate of drug-likeness (QED) is 0.788. The van der Waals surface area contributed by atoms with Crippen molar-refractivity contribution in [1.82, 2.24) is 20.2 Å². The van der Waals surface area contributed by atoms with E-state index >= 15 is 0 Å². The van der Waals surface area contributed by atoms with Crippen LogP contribution in [0.25, 0.3) is 11.4 Å². The van der Waals surface area contributed by atoms with E-state index in [1.54, 1.807) is 12.1 Å². The third-order valence-corrected chi connectivity index (χ3v) is 2.10. The number of benzene rings is 1. The fraction of sp³-hybridized carbons (Fsp3) is 0.100. The Kier molecular flexibility index (Phi) is 3.00. The first-order valence-corrected chi connectivity index (χ1v) is 4.89. The normalized spacial score (nSPS) is 10.2. The molecule has 8 heteroatoms. The average Bonchev–Trinajstić information content (AvgIpc) is 2.77. The highest BCUT2D eigenvalue weighted by molar-refractivity contribution is 5.89. The van der Waals surface area contributed by atoms with Gasteiger partial charge in [-0.3, -0.25) is 4.79 Å². The Balaban J connectivity index is 2.31. The molecular formula is C10H8N4O4. The van der Waals surface area contributed by atoms with Gasteiger partial charge in [0.15, 0.2) is 6.54 Å².